The Bertz CT molecular complexity index is 1190. The predicted octanol–water partition coefficient (Wildman–Crippen LogP) is 5.54. The Balaban J connectivity index is 1.50. The summed E-state index contributed by atoms with van der Waals surface area (Å²) in [5.41, 5.74) is 4.55. The standard InChI is InChI=1S/C28H31FN4O3/c1-3-20-5-10-23(11-6-20)30-28(35)31-25-19-21(27(34)36-4-2)7-14-26(25)33-17-15-32(16-18-33)24-12-8-22(29)9-13-24/h5-14,19H,3-4,15-18H2,1-2H3,(H2,30,31,35). The van der Waals surface area contributed by atoms with E-state index in [-0.39, 0.29) is 12.4 Å². The van der Waals surface area contributed by atoms with Gasteiger partial charge in [0, 0.05) is 37.6 Å². The summed E-state index contributed by atoms with van der Waals surface area (Å²) in [6.45, 7) is 6.97. The Labute approximate surface area is 210 Å². The summed E-state index contributed by atoms with van der Waals surface area (Å²) in [5.74, 6) is -0.696. The van der Waals surface area contributed by atoms with Crippen molar-refractivity contribution in [2.24, 2.45) is 0 Å². The van der Waals surface area contributed by atoms with Crippen LogP contribution in [0.4, 0.5) is 31.9 Å². The summed E-state index contributed by atoms with van der Waals surface area (Å²) in [6.07, 6.45) is 0.922. The number of carbonyl (C=O) groups is 2. The number of nitrogens with one attached hydrogen (secondary N) is 2. The van der Waals surface area contributed by atoms with Gasteiger partial charge < -0.3 is 25.2 Å². The summed E-state index contributed by atoms with van der Waals surface area (Å²) >= 11 is 0. The number of rotatable bonds is 7. The van der Waals surface area contributed by atoms with E-state index in [4.69, 9.17) is 4.74 Å². The van der Waals surface area contributed by atoms with Gasteiger partial charge in [0.1, 0.15) is 5.82 Å². The number of halogens is 1. The third-order valence-corrected chi connectivity index (χ3v) is 6.19. The van der Waals surface area contributed by atoms with E-state index >= 15 is 0 Å². The number of amides is 2. The molecule has 0 aromatic heterocycles. The van der Waals surface area contributed by atoms with Crippen LogP contribution in [0.15, 0.2) is 66.7 Å². The fraction of sp³-hybridized carbons (Fsp3) is 0.286. The third kappa shape index (κ3) is 6.13. The first-order chi connectivity index (χ1) is 17.5. The van der Waals surface area contributed by atoms with Crippen LogP contribution in [0.2, 0.25) is 0 Å². The van der Waals surface area contributed by atoms with Crippen molar-refractivity contribution < 1.29 is 18.7 Å². The maximum absolute atomic E-state index is 13.3. The molecule has 0 atom stereocenters. The molecule has 1 saturated heterocycles. The lowest BCUT2D eigenvalue weighted by molar-refractivity contribution is 0.0526. The van der Waals surface area contributed by atoms with Crippen LogP contribution in [-0.4, -0.2) is 44.8 Å². The van der Waals surface area contributed by atoms with E-state index in [1.807, 2.05) is 30.3 Å². The van der Waals surface area contributed by atoms with E-state index in [2.05, 4.69) is 27.4 Å². The maximum Gasteiger partial charge on any atom is 0.338 e. The van der Waals surface area contributed by atoms with Gasteiger partial charge in [-0.05, 0) is 73.5 Å². The summed E-state index contributed by atoms with van der Waals surface area (Å²) in [7, 11) is 0. The average molecular weight is 491 g/mol. The zero-order valence-corrected chi connectivity index (χ0v) is 20.6. The van der Waals surface area contributed by atoms with Gasteiger partial charge in [-0.25, -0.2) is 14.0 Å². The minimum Gasteiger partial charge on any atom is -0.462 e. The van der Waals surface area contributed by atoms with Crippen molar-refractivity contribution in [1.29, 1.82) is 0 Å². The van der Waals surface area contributed by atoms with Crippen molar-refractivity contribution in [3.05, 3.63) is 83.7 Å². The second-order valence-corrected chi connectivity index (χ2v) is 8.53. The fourth-order valence-corrected chi connectivity index (χ4v) is 4.22. The Hall–Kier alpha value is -4.07. The summed E-state index contributed by atoms with van der Waals surface area (Å²) in [4.78, 5) is 29.6. The number of hydrogen-bond acceptors (Lipinski definition) is 5. The molecular weight excluding hydrogens is 459 g/mol. The van der Waals surface area contributed by atoms with Crippen molar-refractivity contribution in [1.82, 2.24) is 0 Å². The number of urea groups is 1. The average Bonchev–Trinajstić information content (AvgIpc) is 2.90. The molecule has 36 heavy (non-hydrogen) atoms. The van der Waals surface area contributed by atoms with Crippen molar-refractivity contribution in [2.45, 2.75) is 20.3 Å². The highest BCUT2D eigenvalue weighted by molar-refractivity contribution is 6.03. The number of benzene rings is 3. The van der Waals surface area contributed by atoms with Gasteiger partial charge in [0.05, 0.1) is 23.5 Å². The third-order valence-electron chi connectivity index (χ3n) is 6.19. The molecule has 4 rings (SSSR count). The topological polar surface area (TPSA) is 73.9 Å². The van der Waals surface area contributed by atoms with Gasteiger partial charge in [-0.15, -0.1) is 0 Å². The number of hydrogen-bond donors (Lipinski definition) is 2. The second kappa shape index (κ2) is 11.6. The first-order valence-corrected chi connectivity index (χ1v) is 12.2. The molecule has 1 fully saturated rings. The summed E-state index contributed by atoms with van der Waals surface area (Å²) in [6, 6.07) is 19.0. The molecule has 0 aliphatic carbocycles. The minimum atomic E-state index is -0.441. The van der Waals surface area contributed by atoms with Crippen LogP contribution >= 0.6 is 0 Å². The van der Waals surface area contributed by atoms with Crippen molar-refractivity contribution >= 4 is 34.7 Å². The van der Waals surface area contributed by atoms with Gasteiger partial charge >= 0.3 is 12.0 Å². The molecule has 3 aromatic carbocycles. The molecule has 3 aromatic rings. The molecule has 0 radical (unpaired) electrons. The van der Waals surface area contributed by atoms with Crippen LogP contribution in [-0.2, 0) is 11.2 Å². The molecule has 188 valence electrons. The number of carbonyl (C=O) groups excluding carboxylic acids is 2. The quantitative estimate of drug-likeness (QED) is 0.426. The lowest BCUT2D eigenvalue weighted by atomic mass is 10.1. The summed E-state index contributed by atoms with van der Waals surface area (Å²) < 4.78 is 18.4. The predicted molar refractivity (Wildman–Crippen MR) is 142 cm³/mol. The SMILES string of the molecule is CCOC(=O)c1ccc(N2CCN(c3ccc(F)cc3)CC2)c(NC(=O)Nc2ccc(CC)cc2)c1. The van der Waals surface area contributed by atoms with Gasteiger partial charge in [0.2, 0.25) is 0 Å². The molecule has 1 heterocycles. The van der Waals surface area contributed by atoms with E-state index in [1.165, 1.54) is 17.7 Å². The zero-order chi connectivity index (χ0) is 25.5. The van der Waals surface area contributed by atoms with Crippen LogP contribution < -0.4 is 20.4 Å². The summed E-state index contributed by atoms with van der Waals surface area (Å²) in [5, 5.41) is 5.77. The second-order valence-electron chi connectivity index (χ2n) is 8.53. The van der Waals surface area contributed by atoms with E-state index in [1.54, 1.807) is 31.2 Å². The number of aryl methyl sites for hydroxylation is 1. The lowest BCUT2D eigenvalue weighted by Crippen LogP contribution is -2.46. The molecule has 0 bridgehead atoms. The molecule has 0 unspecified atom stereocenters. The molecular formula is C28H31FN4O3. The number of ether oxygens (including phenoxy) is 1. The van der Waals surface area contributed by atoms with Crippen molar-refractivity contribution in [3.8, 4) is 0 Å². The Morgan fingerprint density at radius 1 is 0.861 bits per heavy atom. The van der Waals surface area contributed by atoms with E-state index in [0.29, 0.717) is 30.0 Å². The fourth-order valence-electron chi connectivity index (χ4n) is 4.22. The van der Waals surface area contributed by atoms with Crippen LogP contribution in [0.25, 0.3) is 0 Å². The molecule has 8 heteroatoms. The molecule has 2 amide bonds. The Kier molecular flexibility index (Phi) is 8.05. The maximum atomic E-state index is 13.3. The number of piperazine rings is 1. The number of anilines is 4. The van der Waals surface area contributed by atoms with Crippen molar-refractivity contribution in [2.75, 3.05) is 53.2 Å². The highest BCUT2D eigenvalue weighted by Gasteiger charge is 2.22. The van der Waals surface area contributed by atoms with Crippen LogP contribution in [0, 0.1) is 5.82 Å². The van der Waals surface area contributed by atoms with E-state index in [9.17, 15) is 14.0 Å². The van der Waals surface area contributed by atoms with E-state index in [0.717, 1.165) is 30.9 Å². The molecule has 0 spiro atoms. The first kappa shape index (κ1) is 25.0. The minimum absolute atomic E-state index is 0.255. The Morgan fingerprint density at radius 3 is 2.17 bits per heavy atom. The van der Waals surface area contributed by atoms with Crippen LogP contribution in [0.1, 0.15) is 29.8 Å². The van der Waals surface area contributed by atoms with E-state index < -0.39 is 12.0 Å². The molecule has 7 nitrogen and oxygen atoms in total. The van der Waals surface area contributed by atoms with Crippen LogP contribution in [0.3, 0.4) is 0 Å². The normalized spacial score (nSPS) is 13.3. The van der Waals surface area contributed by atoms with Gasteiger partial charge in [-0.1, -0.05) is 19.1 Å². The first-order valence-electron chi connectivity index (χ1n) is 12.2. The smallest absolute Gasteiger partial charge is 0.338 e. The van der Waals surface area contributed by atoms with Crippen molar-refractivity contribution in [3.63, 3.8) is 0 Å². The van der Waals surface area contributed by atoms with Gasteiger partial charge in [0.25, 0.3) is 0 Å². The van der Waals surface area contributed by atoms with Crippen LogP contribution in [0.5, 0.6) is 0 Å². The molecule has 0 saturated carbocycles. The van der Waals surface area contributed by atoms with Gasteiger partial charge in [-0.2, -0.15) is 0 Å². The Morgan fingerprint density at radius 2 is 1.53 bits per heavy atom. The number of nitrogens with zero attached hydrogens (tertiary/aromatic N) is 2. The molecule has 1 aliphatic heterocycles. The highest BCUT2D eigenvalue weighted by atomic mass is 19.1. The molecule has 2 N–H and O–H groups in total. The largest absolute Gasteiger partial charge is 0.462 e. The van der Waals surface area contributed by atoms with Gasteiger partial charge in [-0.3, -0.25) is 0 Å². The number of esters is 1. The zero-order valence-electron chi connectivity index (χ0n) is 20.6. The highest BCUT2D eigenvalue weighted by Crippen LogP contribution is 2.30. The molecule has 1 aliphatic rings. The lowest BCUT2D eigenvalue weighted by Gasteiger charge is -2.38. The monoisotopic (exact) mass is 490 g/mol. The van der Waals surface area contributed by atoms with Gasteiger partial charge in [0.15, 0.2) is 0 Å².